The maximum absolute atomic E-state index is 3.01. The molecule has 0 rings (SSSR count). The first-order valence-corrected chi connectivity index (χ1v) is 5.24. The lowest BCUT2D eigenvalue weighted by Gasteiger charge is -1.86. The highest BCUT2D eigenvalue weighted by molar-refractivity contribution is 14.1. The van der Waals surface area contributed by atoms with Crippen LogP contribution in [-0.2, 0) is 0 Å². The summed E-state index contributed by atoms with van der Waals surface area (Å²) >= 11 is 4.13. The Labute approximate surface area is 89.8 Å². The Hall–Kier alpha value is 0.580. The predicted octanol–water partition coefficient (Wildman–Crippen LogP) is 3.34. The number of rotatable bonds is 3. The summed E-state index contributed by atoms with van der Waals surface area (Å²) < 4.78 is 5.68. The first kappa shape index (κ1) is 10.6. The van der Waals surface area contributed by atoms with E-state index in [2.05, 4.69) is 64.9 Å². The zero-order valence-electron chi connectivity index (χ0n) is 5.58. The van der Waals surface area contributed by atoms with Crippen molar-refractivity contribution in [2.75, 3.05) is 0 Å². The third-order valence-electron chi connectivity index (χ3n) is 0.987. The normalized spacial score (nSPS) is 7.00. The van der Waals surface area contributed by atoms with E-state index in [0.29, 0.717) is 0 Å². The second-order valence-corrected chi connectivity index (χ2v) is 2.83. The van der Waals surface area contributed by atoms with Gasteiger partial charge >= 0.3 is 0 Å². The zero-order valence-corrected chi connectivity index (χ0v) is 9.90. The maximum Gasteiger partial charge on any atom is 0.0181 e. The molecule has 0 atom stereocenters. The van der Waals surface area contributed by atoms with Crippen molar-refractivity contribution in [3.05, 3.63) is 0 Å². The summed E-state index contributed by atoms with van der Waals surface area (Å²) in [5.74, 6) is 6.02. The van der Waals surface area contributed by atoms with Gasteiger partial charge in [0.2, 0.25) is 0 Å². The molecule has 0 fully saturated rings. The topological polar surface area (TPSA) is 0 Å². The molecule has 0 aromatic rings. The summed E-state index contributed by atoms with van der Waals surface area (Å²) in [4.78, 5) is 0. The number of halogens is 2. The first-order chi connectivity index (χ1) is 4.91. The van der Waals surface area contributed by atoms with Crippen LogP contribution in [0.15, 0.2) is 0 Å². The Balaban J connectivity index is 3.00. The molecule has 0 radical (unpaired) electrons. The Morgan fingerprint density at radius 2 is 1.20 bits per heavy atom. The van der Waals surface area contributed by atoms with Gasteiger partial charge in [-0.3, -0.25) is 0 Å². The van der Waals surface area contributed by atoms with Gasteiger partial charge in [0.05, 0.1) is 0 Å². The van der Waals surface area contributed by atoms with E-state index >= 15 is 0 Å². The second-order valence-electron chi connectivity index (χ2n) is 1.75. The van der Waals surface area contributed by atoms with Crippen LogP contribution in [0.25, 0.3) is 0 Å². The van der Waals surface area contributed by atoms with Crippen LogP contribution in [0.2, 0.25) is 0 Å². The molecule has 0 saturated carbocycles. The maximum atomic E-state index is 3.01. The van der Waals surface area contributed by atoms with Gasteiger partial charge in [0.1, 0.15) is 0 Å². The Bertz CT molecular complexity index is 153. The van der Waals surface area contributed by atoms with Gasteiger partial charge in [-0.25, -0.2) is 0 Å². The van der Waals surface area contributed by atoms with Gasteiger partial charge in [0.15, 0.2) is 0 Å². The Kier molecular flexibility index (Phi) is 10.1. The van der Waals surface area contributed by atoms with Gasteiger partial charge in [-0.2, -0.15) is 0 Å². The van der Waals surface area contributed by atoms with E-state index in [9.17, 15) is 0 Å². The van der Waals surface area contributed by atoms with Gasteiger partial charge in [0, 0.05) is 58.0 Å². The molecule has 0 aliphatic carbocycles. The van der Waals surface area contributed by atoms with Gasteiger partial charge in [-0.05, 0) is 20.7 Å². The summed E-state index contributed by atoms with van der Waals surface area (Å²) in [7, 11) is 0. The Morgan fingerprint density at radius 3 is 1.50 bits per heavy atom. The van der Waals surface area contributed by atoms with Crippen molar-refractivity contribution in [1.82, 2.24) is 0 Å². The molecular formula is C8H8I2. The fraction of sp³-hybridized carbons (Fsp3) is 0.500. The molecule has 0 heterocycles. The lowest BCUT2D eigenvalue weighted by Crippen LogP contribution is -1.71. The molecule has 0 aliphatic rings. The summed E-state index contributed by atoms with van der Waals surface area (Å²) in [6.07, 6.45) is 4.40. The number of hydrogen-bond acceptors (Lipinski definition) is 0. The minimum absolute atomic E-state index is 1.02. The van der Waals surface area contributed by atoms with Gasteiger partial charge in [0.25, 0.3) is 0 Å². The predicted molar refractivity (Wildman–Crippen MR) is 62.1 cm³/mol. The average molecular weight is 358 g/mol. The molecular weight excluding hydrogens is 350 g/mol. The highest BCUT2D eigenvalue weighted by Crippen LogP contribution is 1.97. The highest BCUT2D eigenvalue weighted by atomic mass is 127. The van der Waals surface area contributed by atoms with E-state index < -0.39 is 0 Å². The molecule has 0 aromatic heterocycles. The van der Waals surface area contributed by atoms with Crippen LogP contribution in [0.3, 0.4) is 0 Å². The van der Waals surface area contributed by atoms with E-state index in [4.69, 9.17) is 0 Å². The molecule has 0 aromatic carbocycles. The van der Waals surface area contributed by atoms with Crippen molar-refractivity contribution in [2.24, 2.45) is 0 Å². The van der Waals surface area contributed by atoms with Gasteiger partial charge < -0.3 is 0 Å². The molecule has 54 valence electrons. The van der Waals surface area contributed by atoms with E-state index in [1.165, 1.54) is 12.8 Å². The van der Waals surface area contributed by atoms with Crippen molar-refractivity contribution >= 4 is 45.2 Å². The largest absolute Gasteiger partial charge is 0.0919 e. The summed E-state index contributed by atoms with van der Waals surface area (Å²) in [6, 6.07) is 0. The smallest absolute Gasteiger partial charge is 0.0181 e. The van der Waals surface area contributed by atoms with Gasteiger partial charge in [-0.15, -0.1) is 0 Å². The lowest BCUT2D eigenvalue weighted by molar-refractivity contribution is 0.783. The molecule has 0 aliphatic heterocycles. The monoisotopic (exact) mass is 358 g/mol. The first-order valence-electron chi connectivity index (χ1n) is 3.09. The van der Waals surface area contributed by atoms with Crippen molar-refractivity contribution < 1.29 is 0 Å². The molecule has 10 heavy (non-hydrogen) atoms. The third-order valence-corrected chi connectivity index (χ3v) is 1.75. The Morgan fingerprint density at radius 1 is 0.800 bits per heavy atom. The van der Waals surface area contributed by atoms with Crippen LogP contribution in [0.5, 0.6) is 0 Å². The van der Waals surface area contributed by atoms with Crippen LogP contribution < -0.4 is 0 Å². The lowest BCUT2D eigenvalue weighted by atomic mass is 10.2. The fourth-order valence-corrected chi connectivity index (χ4v) is 1.06. The SMILES string of the molecule is IC#CCCCCC#CI. The van der Waals surface area contributed by atoms with E-state index in [-0.39, 0.29) is 0 Å². The van der Waals surface area contributed by atoms with Crippen LogP contribution in [0.4, 0.5) is 0 Å². The van der Waals surface area contributed by atoms with Crippen molar-refractivity contribution in [2.45, 2.75) is 25.7 Å². The van der Waals surface area contributed by atoms with E-state index in [0.717, 1.165) is 12.8 Å². The van der Waals surface area contributed by atoms with Crippen LogP contribution >= 0.6 is 45.2 Å². The van der Waals surface area contributed by atoms with E-state index in [1.54, 1.807) is 0 Å². The minimum atomic E-state index is 1.02. The fourth-order valence-electron chi connectivity index (χ4n) is 0.521. The molecule has 0 spiro atoms. The zero-order chi connectivity index (χ0) is 7.66. The molecule has 0 nitrogen and oxygen atoms in total. The summed E-state index contributed by atoms with van der Waals surface area (Å²) in [5.41, 5.74) is 0. The molecule has 2 heteroatoms. The summed E-state index contributed by atoms with van der Waals surface area (Å²) in [5, 5.41) is 0. The van der Waals surface area contributed by atoms with Crippen molar-refractivity contribution in [3.63, 3.8) is 0 Å². The molecule has 0 bridgehead atoms. The van der Waals surface area contributed by atoms with Crippen LogP contribution in [0.1, 0.15) is 25.7 Å². The quantitative estimate of drug-likeness (QED) is 0.413. The minimum Gasteiger partial charge on any atom is -0.0919 e. The number of unbranched alkanes of at least 4 members (excludes halogenated alkanes) is 3. The highest BCUT2D eigenvalue weighted by Gasteiger charge is 1.81. The van der Waals surface area contributed by atoms with Crippen LogP contribution in [-0.4, -0.2) is 0 Å². The molecule has 0 saturated heterocycles. The van der Waals surface area contributed by atoms with E-state index in [1.807, 2.05) is 0 Å². The van der Waals surface area contributed by atoms with Crippen molar-refractivity contribution in [3.8, 4) is 19.7 Å². The molecule has 0 N–H and O–H groups in total. The van der Waals surface area contributed by atoms with Crippen molar-refractivity contribution in [1.29, 1.82) is 0 Å². The molecule has 0 amide bonds. The average Bonchev–Trinajstić information content (AvgIpc) is 1.97. The van der Waals surface area contributed by atoms with Gasteiger partial charge in [-0.1, -0.05) is 11.8 Å². The summed E-state index contributed by atoms with van der Waals surface area (Å²) in [6.45, 7) is 0. The standard InChI is InChI=1S/C8H8I2/c9-7-5-3-1-2-4-6-8-10/h1-4H2. The molecule has 0 unspecified atom stereocenters. The number of hydrogen-bond donors (Lipinski definition) is 0. The second kappa shape index (κ2) is 9.58. The van der Waals surface area contributed by atoms with Crippen LogP contribution in [0, 0.1) is 19.7 Å². The third kappa shape index (κ3) is 8.58.